The predicted molar refractivity (Wildman–Crippen MR) is 87.6 cm³/mol. The fourth-order valence-corrected chi connectivity index (χ4v) is 2.80. The van der Waals surface area contributed by atoms with E-state index in [4.69, 9.17) is 0 Å². The van der Waals surface area contributed by atoms with Gasteiger partial charge in [0.1, 0.15) is 11.4 Å². The van der Waals surface area contributed by atoms with Crippen molar-refractivity contribution in [2.45, 2.75) is 0 Å². The molecule has 2 aromatic rings. The topological polar surface area (TPSA) is 66.7 Å². The van der Waals surface area contributed by atoms with Crippen molar-refractivity contribution in [3.63, 3.8) is 0 Å². The van der Waals surface area contributed by atoms with E-state index in [1.54, 1.807) is 29.2 Å². The summed E-state index contributed by atoms with van der Waals surface area (Å²) in [6.07, 6.45) is 0. The summed E-state index contributed by atoms with van der Waals surface area (Å²) in [5, 5.41) is 11.1. The normalized spacial score (nSPS) is 14.5. The van der Waals surface area contributed by atoms with Crippen LogP contribution in [0.15, 0.2) is 48.5 Å². The van der Waals surface area contributed by atoms with Crippen molar-refractivity contribution in [2.75, 3.05) is 31.1 Å². The van der Waals surface area contributed by atoms with E-state index in [0.29, 0.717) is 26.2 Å². The Labute approximate surface area is 138 Å². The maximum Gasteiger partial charge on any atom is 0.282 e. The summed E-state index contributed by atoms with van der Waals surface area (Å²) in [6, 6.07) is 12.2. The molecular weight excluding hydrogens is 313 g/mol. The summed E-state index contributed by atoms with van der Waals surface area (Å²) in [6.45, 7) is 2.11. The lowest BCUT2D eigenvalue weighted by atomic mass is 10.1. The van der Waals surface area contributed by atoms with Crippen molar-refractivity contribution in [1.29, 1.82) is 0 Å². The highest BCUT2D eigenvalue weighted by molar-refractivity contribution is 5.98. The number of nitro benzene ring substituents is 1. The molecule has 0 N–H and O–H groups in total. The molecule has 1 aliphatic rings. The fraction of sp³-hybridized carbons (Fsp3) is 0.235. The first-order chi connectivity index (χ1) is 11.6. The van der Waals surface area contributed by atoms with E-state index in [1.807, 2.05) is 0 Å². The van der Waals surface area contributed by atoms with Gasteiger partial charge in [0, 0.05) is 37.9 Å². The standard InChI is InChI=1S/C17H16FN3O3/c18-13-5-7-14(8-6-13)19-9-11-20(12-10-19)17(22)15-3-1-2-4-16(15)21(23)24/h1-8H,9-12H2. The van der Waals surface area contributed by atoms with Crippen LogP contribution in [0.4, 0.5) is 15.8 Å². The number of halogens is 1. The van der Waals surface area contributed by atoms with Gasteiger partial charge in [-0.25, -0.2) is 4.39 Å². The molecule has 0 aliphatic carbocycles. The summed E-state index contributed by atoms with van der Waals surface area (Å²) < 4.78 is 13.0. The van der Waals surface area contributed by atoms with Crippen LogP contribution in [0.25, 0.3) is 0 Å². The molecule has 1 amide bonds. The zero-order chi connectivity index (χ0) is 17.1. The number of amides is 1. The number of para-hydroxylation sites is 1. The Hall–Kier alpha value is -2.96. The summed E-state index contributed by atoms with van der Waals surface area (Å²) in [7, 11) is 0. The van der Waals surface area contributed by atoms with Crippen molar-refractivity contribution in [2.24, 2.45) is 0 Å². The van der Waals surface area contributed by atoms with Crippen molar-refractivity contribution in [1.82, 2.24) is 4.90 Å². The molecule has 7 heteroatoms. The van der Waals surface area contributed by atoms with Gasteiger partial charge in [-0.1, -0.05) is 12.1 Å². The molecule has 0 radical (unpaired) electrons. The second-order valence-electron chi connectivity index (χ2n) is 5.53. The molecule has 124 valence electrons. The second kappa shape index (κ2) is 6.66. The summed E-state index contributed by atoms with van der Waals surface area (Å²) in [5.74, 6) is -0.620. The van der Waals surface area contributed by atoms with Crippen LogP contribution in [0.2, 0.25) is 0 Å². The molecule has 0 spiro atoms. The molecule has 1 aliphatic heterocycles. The number of rotatable bonds is 3. The second-order valence-corrected chi connectivity index (χ2v) is 5.53. The molecule has 0 saturated carbocycles. The molecule has 1 fully saturated rings. The Kier molecular flexibility index (Phi) is 4.41. The number of anilines is 1. The zero-order valence-corrected chi connectivity index (χ0v) is 12.9. The number of nitrogens with zero attached hydrogens (tertiary/aromatic N) is 3. The third-order valence-electron chi connectivity index (χ3n) is 4.09. The Morgan fingerprint density at radius 3 is 2.25 bits per heavy atom. The highest BCUT2D eigenvalue weighted by Crippen LogP contribution is 2.22. The van der Waals surface area contributed by atoms with Gasteiger partial charge < -0.3 is 9.80 Å². The van der Waals surface area contributed by atoms with Crippen molar-refractivity contribution in [3.8, 4) is 0 Å². The van der Waals surface area contributed by atoms with Crippen molar-refractivity contribution < 1.29 is 14.1 Å². The number of piperazine rings is 1. The van der Waals surface area contributed by atoms with E-state index >= 15 is 0 Å². The SMILES string of the molecule is O=C(c1ccccc1[N+](=O)[O-])N1CCN(c2ccc(F)cc2)CC1. The maximum atomic E-state index is 13.0. The minimum Gasteiger partial charge on any atom is -0.368 e. The van der Waals surface area contributed by atoms with Gasteiger partial charge in [0.05, 0.1) is 4.92 Å². The number of nitro groups is 1. The summed E-state index contributed by atoms with van der Waals surface area (Å²) in [4.78, 5) is 26.8. The molecular formula is C17H16FN3O3. The third-order valence-corrected chi connectivity index (χ3v) is 4.09. The van der Waals surface area contributed by atoms with Gasteiger partial charge in [-0.2, -0.15) is 0 Å². The van der Waals surface area contributed by atoms with E-state index in [-0.39, 0.29) is 23.0 Å². The van der Waals surface area contributed by atoms with Gasteiger partial charge >= 0.3 is 0 Å². The van der Waals surface area contributed by atoms with E-state index < -0.39 is 4.92 Å². The minimum absolute atomic E-state index is 0.109. The number of hydrogen-bond acceptors (Lipinski definition) is 4. The molecule has 0 bridgehead atoms. The molecule has 3 rings (SSSR count). The van der Waals surface area contributed by atoms with Crippen LogP contribution in [-0.4, -0.2) is 41.9 Å². The summed E-state index contributed by atoms with van der Waals surface area (Å²) >= 11 is 0. The Bertz CT molecular complexity index is 756. The average molecular weight is 329 g/mol. The average Bonchev–Trinajstić information content (AvgIpc) is 2.62. The Morgan fingerprint density at radius 2 is 1.62 bits per heavy atom. The molecule has 2 aromatic carbocycles. The highest BCUT2D eigenvalue weighted by atomic mass is 19.1. The van der Waals surface area contributed by atoms with E-state index in [2.05, 4.69) is 4.90 Å². The van der Waals surface area contributed by atoms with Crippen molar-refractivity contribution in [3.05, 3.63) is 70.0 Å². The molecule has 1 heterocycles. The lowest BCUT2D eigenvalue weighted by Crippen LogP contribution is -2.48. The van der Waals surface area contributed by atoms with Crippen LogP contribution < -0.4 is 4.90 Å². The van der Waals surface area contributed by atoms with Gasteiger partial charge in [0.15, 0.2) is 0 Å². The zero-order valence-electron chi connectivity index (χ0n) is 12.9. The molecule has 6 nitrogen and oxygen atoms in total. The number of carbonyl (C=O) groups is 1. The van der Waals surface area contributed by atoms with Crippen LogP contribution >= 0.6 is 0 Å². The van der Waals surface area contributed by atoms with E-state index in [9.17, 15) is 19.3 Å². The molecule has 24 heavy (non-hydrogen) atoms. The number of benzene rings is 2. The lowest BCUT2D eigenvalue weighted by molar-refractivity contribution is -0.385. The minimum atomic E-state index is -0.540. The first-order valence-electron chi connectivity index (χ1n) is 7.59. The van der Waals surface area contributed by atoms with E-state index in [1.165, 1.54) is 24.3 Å². The first kappa shape index (κ1) is 15.9. The highest BCUT2D eigenvalue weighted by Gasteiger charge is 2.27. The van der Waals surface area contributed by atoms with Crippen molar-refractivity contribution >= 4 is 17.3 Å². The Morgan fingerprint density at radius 1 is 1.00 bits per heavy atom. The fourth-order valence-electron chi connectivity index (χ4n) is 2.80. The molecule has 0 aromatic heterocycles. The number of hydrogen-bond donors (Lipinski definition) is 0. The largest absolute Gasteiger partial charge is 0.368 e. The van der Waals surface area contributed by atoms with Crippen LogP contribution in [0, 0.1) is 15.9 Å². The first-order valence-corrected chi connectivity index (χ1v) is 7.59. The van der Waals surface area contributed by atoms with E-state index in [0.717, 1.165) is 5.69 Å². The monoisotopic (exact) mass is 329 g/mol. The van der Waals surface area contributed by atoms with Crippen LogP contribution in [0.5, 0.6) is 0 Å². The molecule has 0 unspecified atom stereocenters. The van der Waals surface area contributed by atoms with Gasteiger partial charge in [-0.3, -0.25) is 14.9 Å². The van der Waals surface area contributed by atoms with Crippen LogP contribution in [0.3, 0.4) is 0 Å². The van der Waals surface area contributed by atoms with Gasteiger partial charge in [0.25, 0.3) is 11.6 Å². The maximum absolute atomic E-state index is 13.0. The van der Waals surface area contributed by atoms with Crippen LogP contribution in [0.1, 0.15) is 10.4 Å². The molecule has 1 saturated heterocycles. The van der Waals surface area contributed by atoms with Gasteiger partial charge in [0.2, 0.25) is 0 Å². The lowest BCUT2D eigenvalue weighted by Gasteiger charge is -2.36. The van der Waals surface area contributed by atoms with Crippen LogP contribution in [-0.2, 0) is 0 Å². The third kappa shape index (κ3) is 3.19. The smallest absolute Gasteiger partial charge is 0.282 e. The Balaban J connectivity index is 1.69. The van der Waals surface area contributed by atoms with Gasteiger partial charge in [-0.05, 0) is 30.3 Å². The van der Waals surface area contributed by atoms with Gasteiger partial charge in [-0.15, -0.1) is 0 Å². The molecule has 0 atom stereocenters. The quantitative estimate of drug-likeness (QED) is 0.641. The predicted octanol–water partition coefficient (Wildman–Crippen LogP) is 2.70. The number of carbonyl (C=O) groups excluding carboxylic acids is 1. The summed E-state index contributed by atoms with van der Waals surface area (Å²) in [5.41, 5.74) is 0.829.